The van der Waals surface area contributed by atoms with Crippen molar-refractivity contribution in [2.45, 2.75) is 45.3 Å². The molecule has 2 aromatic rings. The average Bonchev–Trinajstić information content (AvgIpc) is 3.15. The van der Waals surface area contributed by atoms with Crippen LogP contribution in [0.5, 0.6) is 0 Å². The van der Waals surface area contributed by atoms with Gasteiger partial charge in [-0.05, 0) is 57.4 Å². The number of nitrogens with one attached hydrogen (secondary N) is 1. The minimum atomic E-state index is -0.488. The summed E-state index contributed by atoms with van der Waals surface area (Å²) in [5, 5.41) is 7.52. The highest BCUT2D eigenvalue weighted by atomic mass is 79.9. The van der Waals surface area contributed by atoms with Gasteiger partial charge in [0, 0.05) is 11.0 Å². The molecule has 0 bridgehead atoms. The van der Waals surface area contributed by atoms with Gasteiger partial charge < -0.3 is 4.74 Å². The zero-order valence-corrected chi connectivity index (χ0v) is 15.8. The van der Waals surface area contributed by atoms with Gasteiger partial charge in [0.2, 0.25) is 0 Å². The number of hydrogen-bond acceptors (Lipinski definition) is 3. The first-order chi connectivity index (χ1) is 11.3. The zero-order valence-electron chi connectivity index (χ0n) is 14.2. The number of benzene rings is 1. The van der Waals surface area contributed by atoms with Crippen molar-refractivity contribution in [3.63, 3.8) is 0 Å². The van der Waals surface area contributed by atoms with Crippen molar-refractivity contribution in [2.24, 2.45) is 0 Å². The highest BCUT2D eigenvalue weighted by molar-refractivity contribution is 9.10. The van der Waals surface area contributed by atoms with Crippen molar-refractivity contribution in [1.29, 1.82) is 0 Å². The maximum absolute atomic E-state index is 12.4. The van der Waals surface area contributed by atoms with E-state index in [1.54, 1.807) is 4.90 Å². The Morgan fingerprint density at radius 1 is 1.33 bits per heavy atom. The monoisotopic (exact) mass is 391 g/mol. The lowest BCUT2D eigenvalue weighted by molar-refractivity contribution is 0.0221. The Balaban J connectivity index is 1.78. The number of rotatable bonds is 2. The van der Waals surface area contributed by atoms with E-state index in [2.05, 4.69) is 26.1 Å². The minimum Gasteiger partial charge on any atom is -0.444 e. The molecule has 0 saturated carbocycles. The molecule has 24 heavy (non-hydrogen) atoms. The SMILES string of the molecule is CC(C)(C)OC(=O)N1CCCC1c1cc(-c2ccc(Br)cc2)[nH]n1. The Kier molecular flexibility index (Phi) is 4.67. The Morgan fingerprint density at radius 3 is 2.71 bits per heavy atom. The molecule has 0 aliphatic carbocycles. The van der Waals surface area contributed by atoms with E-state index >= 15 is 0 Å². The number of ether oxygens (including phenoxy) is 1. The van der Waals surface area contributed by atoms with E-state index in [9.17, 15) is 4.79 Å². The van der Waals surface area contributed by atoms with Crippen LogP contribution >= 0.6 is 15.9 Å². The van der Waals surface area contributed by atoms with E-state index in [1.807, 2.05) is 51.1 Å². The zero-order chi connectivity index (χ0) is 17.3. The van der Waals surface area contributed by atoms with E-state index in [1.165, 1.54) is 0 Å². The Labute approximate surface area is 150 Å². The number of carbonyl (C=O) groups is 1. The smallest absolute Gasteiger partial charge is 0.410 e. The number of halogens is 1. The Bertz CT molecular complexity index is 719. The van der Waals surface area contributed by atoms with E-state index in [0.717, 1.165) is 34.3 Å². The van der Waals surface area contributed by atoms with Gasteiger partial charge in [0.05, 0.1) is 17.4 Å². The summed E-state index contributed by atoms with van der Waals surface area (Å²) in [6, 6.07) is 10.1. The predicted molar refractivity (Wildman–Crippen MR) is 96.6 cm³/mol. The highest BCUT2D eigenvalue weighted by Crippen LogP contribution is 2.33. The lowest BCUT2D eigenvalue weighted by Crippen LogP contribution is -2.36. The van der Waals surface area contributed by atoms with Crippen molar-refractivity contribution >= 4 is 22.0 Å². The quantitative estimate of drug-likeness (QED) is 0.790. The van der Waals surface area contributed by atoms with Gasteiger partial charge in [-0.15, -0.1) is 0 Å². The van der Waals surface area contributed by atoms with E-state index in [0.29, 0.717) is 6.54 Å². The van der Waals surface area contributed by atoms with Crippen LogP contribution in [0.3, 0.4) is 0 Å². The number of hydrogen-bond donors (Lipinski definition) is 1. The van der Waals surface area contributed by atoms with E-state index in [4.69, 9.17) is 4.74 Å². The molecule has 1 unspecified atom stereocenters. The van der Waals surface area contributed by atoms with Gasteiger partial charge in [0.25, 0.3) is 0 Å². The van der Waals surface area contributed by atoms with E-state index < -0.39 is 5.60 Å². The number of nitrogens with zero attached hydrogens (tertiary/aromatic N) is 2. The molecule has 3 rings (SSSR count). The standard InChI is InChI=1S/C18H22BrN3O2/c1-18(2,3)24-17(23)22-10-4-5-16(22)15-11-14(20-21-15)12-6-8-13(19)9-7-12/h6-9,11,16H,4-5,10H2,1-3H3,(H,20,21). The maximum Gasteiger partial charge on any atom is 0.410 e. The Hall–Kier alpha value is -1.82. The molecule has 1 aliphatic rings. The molecule has 1 N–H and O–H groups in total. The van der Waals surface area contributed by atoms with Gasteiger partial charge >= 0.3 is 6.09 Å². The highest BCUT2D eigenvalue weighted by Gasteiger charge is 2.34. The molecule has 0 radical (unpaired) electrons. The second kappa shape index (κ2) is 6.59. The van der Waals surface area contributed by atoms with Crippen LogP contribution in [-0.4, -0.2) is 33.3 Å². The van der Waals surface area contributed by atoms with Crippen molar-refractivity contribution in [3.05, 3.63) is 40.5 Å². The summed E-state index contributed by atoms with van der Waals surface area (Å²) in [5.41, 5.74) is 2.42. The number of H-pyrrole nitrogens is 1. The summed E-state index contributed by atoms with van der Waals surface area (Å²) in [7, 11) is 0. The van der Waals surface area contributed by atoms with Crippen LogP contribution in [0.4, 0.5) is 4.79 Å². The number of likely N-dealkylation sites (tertiary alicyclic amines) is 1. The van der Waals surface area contributed by atoms with Crippen molar-refractivity contribution in [1.82, 2.24) is 15.1 Å². The summed E-state index contributed by atoms with van der Waals surface area (Å²) in [5.74, 6) is 0. The Morgan fingerprint density at radius 2 is 2.04 bits per heavy atom. The number of aromatic nitrogens is 2. The van der Waals surface area contributed by atoms with Crippen LogP contribution < -0.4 is 0 Å². The fraction of sp³-hybridized carbons (Fsp3) is 0.444. The third-order valence-electron chi connectivity index (χ3n) is 3.98. The molecule has 6 heteroatoms. The molecular weight excluding hydrogens is 370 g/mol. The first-order valence-corrected chi connectivity index (χ1v) is 8.94. The predicted octanol–water partition coefficient (Wildman–Crippen LogP) is 4.91. The van der Waals surface area contributed by atoms with Crippen LogP contribution in [0, 0.1) is 0 Å². The molecule has 1 aromatic heterocycles. The van der Waals surface area contributed by atoms with Crippen LogP contribution in [0.2, 0.25) is 0 Å². The molecule has 1 amide bonds. The average molecular weight is 392 g/mol. The molecule has 0 spiro atoms. The summed E-state index contributed by atoms with van der Waals surface area (Å²) >= 11 is 3.44. The molecule has 128 valence electrons. The third-order valence-corrected chi connectivity index (χ3v) is 4.50. The van der Waals surface area contributed by atoms with Crippen LogP contribution in [0.1, 0.15) is 45.3 Å². The van der Waals surface area contributed by atoms with Gasteiger partial charge in [-0.1, -0.05) is 28.1 Å². The number of carbonyl (C=O) groups excluding carboxylic acids is 1. The normalized spacial score (nSPS) is 18.0. The van der Waals surface area contributed by atoms with Crippen molar-refractivity contribution in [2.75, 3.05) is 6.54 Å². The van der Waals surface area contributed by atoms with Gasteiger partial charge in [-0.2, -0.15) is 5.10 Å². The number of amides is 1. The largest absolute Gasteiger partial charge is 0.444 e. The molecule has 1 aliphatic heterocycles. The summed E-state index contributed by atoms with van der Waals surface area (Å²) in [4.78, 5) is 14.2. The second-order valence-electron chi connectivity index (χ2n) is 7.05. The lowest BCUT2D eigenvalue weighted by atomic mass is 10.1. The first-order valence-electron chi connectivity index (χ1n) is 8.14. The molecular formula is C18H22BrN3O2. The first kappa shape index (κ1) is 17.0. The summed E-state index contributed by atoms with van der Waals surface area (Å²) in [6.45, 7) is 6.36. The van der Waals surface area contributed by atoms with Crippen molar-refractivity contribution in [3.8, 4) is 11.3 Å². The summed E-state index contributed by atoms with van der Waals surface area (Å²) < 4.78 is 6.56. The molecule has 1 atom stereocenters. The van der Waals surface area contributed by atoms with Gasteiger partial charge in [-0.25, -0.2) is 4.79 Å². The lowest BCUT2D eigenvalue weighted by Gasteiger charge is -2.27. The topological polar surface area (TPSA) is 58.2 Å². The fourth-order valence-electron chi connectivity index (χ4n) is 2.90. The summed E-state index contributed by atoms with van der Waals surface area (Å²) in [6.07, 6.45) is 1.60. The molecule has 1 saturated heterocycles. The molecule has 5 nitrogen and oxygen atoms in total. The fourth-order valence-corrected chi connectivity index (χ4v) is 3.16. The van der Waals surface area contributed by atoms with E-state index in [-0.39, 0.29) is 12.1 Å². The van der Waals surface area contributed by atoms with Crippen LogP contribution in [-0.2, 0) is 4.74 Å². The van der Waals surface area contributed by atoms with Gasteiger partial charge in [-0.3, -0.25) is 10.00 Å². The second-order valence-corrected chi connectivity index (χ2v) is 7.96. The van der Waals surface area contributed by atoms with Gasteiger partial charge in [0.15, 0.2) is 0 Å². The molecule has 1 aromatic carbocycles. The number of aromatic amines is 1. The van der Waals surface area contributed by atoms with Crippen molar-refractivity contribution < 1.29 is 9.53 Å². The van der Waals surface area contributed by atoms with Crippen LogP contribution in [0.15, 0.2) is 34.8 Å². The maximum atomic E-state index is 12.4. The molecule has 2 heterocycles. The van der Waals surface area contributed by atoms with Crippen LogP contribution in [0.25, 0.3) is 11.3 Å². The molecule has 1 fully saturated rings. The minimum absolute atomic E-state index is 0.0275. The van der Waals surface area contributed by atoms with Gasteiger partial charge in [0.1, 0.15) is 5.60 Å². The third kappa shape index (κ3) is 3.80.